The molecule has 1 aliphatic heterocycles. The van der Waals surface area contributed by atoms with Gasteiger partial charge in [0.05, 0.1) is 17.7 Å². The van der Waals surface area contributed by atoms with Crippen LogP contribution in [0.5, 0.6) is 11.5 Å². The molecule has 7 nitrogen and oxygen atoms in total. The quantitative estimate of drug-likeness (QED) is 0.670. The molecule has 0 aliphatic carbocycles. The van der Waals surface area contributed by atoms with Crippen molar-refractivity contribution in [3.63, 3.8) is 0 Å². The Bertz CT molecular complexity index is 1020. The number of thioether (sulfide) groups is 1. The third-order valence-corrected chi connectivity index (χ3v) is 5.10. The van der Waals surface area contributed by atoms with Crippen LogP contribution in [0.1, 0.15) is 12.5 Å². The first kappa shape index (κ1) is 21.4. The minimum atomic E-state index is -1.09. The smallest absolute Gasteiger partial charge is 0.341 e. The lowest BCUT2D eigenvalue weighted by Gasteiger charge is -2.12. The van der Waals surface area contributed by atoms with Gasteiger partial charge in [-0.25, -0.2) is 14.2 Å². The van der Waals surface area contributed by atoms with Crippen molar-refractivity contribution in [2.45, 2.75) is 6.92 Å². The highest BCUT2D eigenvalue weighted by atomic mass is 32.2. The number of benzene rings is 2. The van der Waals surface area contributed by atoms with Crippen LogP contribution in [-0.4, -0.2) is 47.3 Å². The monoisotopic (exact) mass is 430 g/mol. The lowest BCUT2D eigenvalue weighted by molar-refractivity contribution is -0.139. The number of carbonyl (C=O) groups is 2. The number of halogens is 1. The Morgan fingerprint density at radius 3 is 2.60 bits per heavy atom. The van der Waals surface area contributed by atoms with Crippen LogP contribution in [0.3, 0.4) is 0 Å². The highest BCUT2D eigenvalue weighted by molar-refractivity contribution is 8.18. The third-order valence-electron chi connectivity index (χ3n) is 4.09. The van der Waals surface area contributed by atoms with Gasteiger partial charge >= 0.3 is 5.97 Å². The van der Waals surface area contributed by atoms with Crippen LogP contribution in [0.2, 0.25) is 0 Å². The number of hydrogen-bond donors (Lipinski definition) is 1. The maximum absolute atomic E-state index is 13.1. The average molecular weight is 430 g/mol. The van der Waals surface area contributed by atoms with Gasteiger partial charge in [-0.05, 0) is 66.7 Å². The van der Waals surface area contributed by atoms with E-state index in [9.17, 15) is 14.0 Å². The van der Waals surface area contributed by atoms with Crippen LogP contribution < -0.4 is 9.47 Å². The Morgan fingerprint density at radius 1 is 1.23 bits per heavy atom. The normalized spacial score (nSPS) is 16.4. The van der Waals surface area contributed by atoms with Crippen LogP contribution >= 0.6 is 11.8 Å². The van der Waals surface area contributed by atoms with E-state index in [2.05, 4.69) is 4.99 Å². The molecule has 0 bridgehead atoms. The summed E-state index contributed by atoms with van der Waals surface area (Å²) in [4.78, 5) is 29.9. The van der Waals surface area contributed by atoms with Gasteiger partial charge in [0.15, 0.2) is 23.3 Å². The second-order valence-electron chi connectivity index (χ2n) is 6.12. The number of amidine groups is 1. The summed E-state index contributed by atoms with van der Waals surface area (Å²) in [5.74, 6) is -0.987. The largest absolute Gasteiger partial charge is 0.493 e. The van der Waals surface area contributed by atoms with Crippen LogP contribution in [0.25, 0.3) is 6.08 Å². The van der Waals surface area contributed by atoms with Gasteiger partial charge < -0.3 is 14.6 Å². The molecule has 0 saturated carbocycles. The molecule has 30 heavy (non-hydrogen) atoms. The Hall–Kier alpha value is -3.33. The van der Waals surface area contributed by atoms with Crippen LogP contribution in [0, 0.1) is 5.82 Å². The zero-order chi connectivity index (χ0) is 21.7. The lowest BCUT2D eigenvalue weighted by Crippen LogP contribution is -2.28. The number of aliphatic imine (C=N–C) groups is 1. The van der Waals surface area contributed by atoms with Crippen molar-refractivity contribution in [3.05, 3.63) is 58.8 Å². The number of hydrogen-bond acceptors (Lipinski definition) is 6. The molecule has 3 rings (SSSR count). The molecular formula is C21H19FN2O5S. The van der Waals surface area contributed by atoms with Gasteiger partial charge in [0, 0.05) is 6.54 Å². The van der Waals surface area contributed by atoms with Gasteiger partial charge in [0.25, 0.3) is 5.91 Å². The maximum atomic E-state index is 13.1. The Morgan fingerprint density at radius 2 is 1.97 bits per heavy atom. The molecule has 9 heteroatoms. The summed E-state index contributed by atoms with van der Waals surface area (Å²) in [7, 11) is 1.45. The number of carbonyl (C=O) groups excluding carboxylic acids is 1. The molecule has 2 aromatic rings. The van der Waals surface area contributed by atoms with Crippen LogP contribution in [0.4, 0.5) is 10.1 Å². The van der Waals surface area contributed by atoms with Crippen LogP contribution in [0.15, 0.2) is 52.4 Å². The second-order valence-corrected chi connectivity index (χ2v) is 7.13. The molecule has 0 unspecified atom stereocenters. The molecule has 1 aliphatic rings. The van der Waals surface area contributed by atoms with Gasteiger partial charge in [-0.15, -0.1) is 0 Å². The molecule has 1 N–H and O–H groups in total. The Labute approximate surface area is 176 Å². The number of amides is 1. The second kappa shape index (κ2) is 9.45. The van der Waals surface area contributed by atoms with Crippen molar-refractivity contribution in [3.8, 4) is 11.5 Å². The van der Waals surface area contributed by atoms with Crippen molar-refractivity contribution in [2.24, 2.45) is 4.99 Å². The number of nitrogens with zero attached hydrogens (tertiary/aromatic N) is 2. The van der Waals surface area contributed by atoms with E-state index in [1.54, 1.807) is 41.3 Å². The third kappa shape index (κ3) is 4.98. The van der Waals surface area contributed by atoms with E-state index in [4.69, 9.17) is 14.6 Å². The molecule has 156 valence electrons. The standard InChI is InChI=1S/C21H19FN2O5S/c1-3-24-20(27)18(30-21(24)23-15-7-5-14(22)6-8-15)11-13-4-9-16(17(10-13)28-2)29-12-19(25)26/h4-11H,3,12H2,1-2H3,(H,25,26). The summed E-state index contributed by atoms with van der Waals surface area (Å²) in [6, 6.07) is 10.7. The number of aliphatic carboxylic acids is 1. The van der Waals surface area contributed by atoms with Gasteiger partial charge in [-0.2, -0.15) is 0 Å². The lowest BCUT2D eigenvalue weighted by atomic mass is 10.2. The Balaban J connectivity index is 1.87. The number of rotatable bonds is 7. The fraction of sp³-hybridized carbons (Fsp3) is 0.190. The summed E-state index contributed by atoms with van der Waals surface area (Å²) in [6.07, 6.45) is 1.70. The fourth-order valence-electron chi connectivity index (χ4n) is 2.68. The van der Waals surface area contributed by atoms with Crippen molar-refractivity contribution >= 4 is 40.6 Å². The van der Waals surface area contributed by atoms with E-state index in [1.807, 2.05) is 6.92 Å². The first-order chi connectivity index (χ1) is 14.4. The highest BCUT2D eigenvalue weighted by Gasteiger charge is 2.32. The number of carboxylic acid groups (broad SMARTS) is 1. The van der Waals surface area contributed by atoms with Crippen molar-refractivity contribution in [2.75, 3.05) is 20.3 Å². The molecule has 1 heterocycles. The van der Waals surface area contributed by atoms with E-state index in [0.717, 1.165) is 0 Å². The molecule has 0 aromatic heterocycles. The van der Waals surface area contributed by atoms with E-state index >= 15 is 0 Å². The minimum Gasteiger partial charge on any atom is -0.493 e. The number of carboxylic acids is 1. The SMILES string of the molecule is CCN1C(=O)C(=Cc2ccc(OCC(=O)O)c(OC)c2)SC1=Nc1ccc(F)cc1. The van der Waals surface area contributed by atoms with E-state index in [1.165, 1.54) is 31.0 Å². The van der Waals surface area contributed by atoms with Gasteiger partial charge in [0.1, 0.15) is 5.82 Å². The number of likely N-dealkylation sites (N-methyl/N-ethyl adjacent to an activating group) is 1. The van der Waals surface area contributed by atoms with Crippen molar-refractivity contribution < 1.29 is 28.6 Å². The first-order valence-corrected chi connectivity index (χ1v) is 9.81. The van der Waals surface area contributed by atoms with Crippen LogP contribution in [-0.2, 0) is 9.59 Å². The van der Waals surface area contributed by atoms with Crippen molar-refractivity contribution in [1.29, 1.82) is 0 Å². The summed E-state index contributed by atoms with van der Waals surface area (Å²) >= 11 is 1.22. The molecule has 0 spiro atoms. The molecule has 0 atom stereocenters. The summed E-state index contributed by atoms with van der Waals surface area (Å²) in [5, 5.41) is 9.26. The first-order valence-electron chi connectivity index (χ1n) is 8.99. The van der Waals surface area contributed by atoms with E-state index in [0.29, 0.717) is 39.4 Å². The molecule has 2 aromatic carbocycles. The maximum Gasteiger partial charge on any atom is 0.341 e. The summed E-state index contributed by atoms with van der Waals surface area (Å²) in [6.45, 7) is 1.80. The van der Waals surface area contributed by atoms with Gasteiger partial charge in [-0.1, -0.05) is 6.07 Å². The average Bonchev–Trinajstić information content (AvgIpc) is 3.02. The molecule has 1 saturated heterocycles. The van der Waals surface area contributed by atoms with Gasteiger partial charge in [-0.3, -0.25) is 9.69 Å². The Kier molecular flexibility index (Phi) is 6.73. The van der Waals surface area contributed by atoms with Crippen molar-refractivity contribution in [1.82, 2.24) is 4.90 Å². The van der Waals surface area contributed by atoms with E-state index in [-0.39, 0.29) is 11.7 Å². The predicted octanol–water partition coefficient (Wildman–Crippen LogP) is 3.92. The molecule has 1 amide bonds. The fourth-order valence-corrected chi connectivity index (χ4v) is 3.74. The molecule has 1 fully saturated rings. The number of ether oxygens (including phenoxy) is 2. The summed E-state index contributed by atoms with van der Waals surface area (Å²) < 4.78 is 23.6. The van der Waals surface area contributed by atoms with E-state index < -0.39 is 12.6 Å². The highest BCUT2D eigenvalue weighted by Crippen LogP contribution is 2.35. The molecule has 0 radical (unpaired) electrons. The zero-order valence-corrected chi connectivity index (χ0v) is 17.1. The van der Waals surface area contributed by atoms with Gasteiger partial charge in [0.2, 0.25) is 0 Å². The summed E-state index contributed by atoms with van der Waals surface area (Å²) in [5.41, 5.74) is 1.23. The minimum absolute atomic E-state index is 0.187. The topological polar surface area (TPSA) is 88.4 Å². The zero-order valence-electron chi connectivity index (χ0n) is 16.3. The predicted molar refractivity (Wildman–Crippen MR) is 113 cm³/mol. The molecular weight excluding hydrogens is 411 g/mol. The number of methoxy groups -OCH3 is 1.